The predicted octanol–water partition coefficient (Wildman–Crippen LogP) is 2.91. The van der Waals surface area contributed by atoms with Crippen LogP contribution in [-0.2, 0) is 34.3 Å². The van der Waals surface area contributed by atoms with E-state index in [1.165, 1.54) is 11.3 Å². The van der Waals surface area contributed by atoms with Crippen LogP contribution in [0.25, 0.3) is 0 Å². The quantitative estimate of drug-likeness (QED) is 0.854. The third-order valence-corrected chi connectivity index (χ3v) is 8.30. The molecule has 1 N–H and O–H groups in total. The number of hydrogen-bond acceptors (Lipinski definition) is 4. The summed E-state index contributed by atoms with van der Waals surface area (Å²) in [5, 5.41) is 0. The van der Waals surface area contributed by atoms with Crippen LogP contribution in [0.4, 0.5) is 0 Å². The van der Waals surface area contributed by atoms with Crippen molar-refractivity contribution in [3.05, 3.63) is 52.4 Å². The lowest BCUT2D eigenvalue weighted by Gasteiger charge is -2.33. The molecule has 4 rings (SSSR count). The lowest BCUT2D eigenvalue weighted by atomic mass is 9.84. The van der Waals surface area contributed by atoms with Crippen molar-refractivity contribution in [2.75, 3.05) is 6.54 Å². The first-order chi connectivity index (χ1) is 12.5. The van der Waals surface area contributed by atoms with Crippen molar-refractivity contribution in [2.45, 2.75) is 43.0 Å². The smallest absolute Gasteiger partial charge is 0.250 e. The number of rotatable bonds is 5. The van der Waals surface area contributed by atoms with Crippen LogP contribution in [0.1, 0.15) is 35.3 Å². The molecule has 1 aliphatic heterocycles. The van der Waals surface area contributed by atoms with Gasteiger partial charge in [-0.15, -0.1) is 11.3 Å². The van der Waals surface area contributed by atoms with Gasteiger partial charge in [0.2, 0.25) is 15.9 Å². The van der Waals surface area contributed by atoms with Crippen molar-refractivity contribution < 1.29 is 13.2 Å². The Morgan fingerprint density at radius 3 is 2.69 bits per heavy atom. The summed E-state index contributed by atoms with van der Waals surface area (Å²) >= 11 is 1.33. The molecule has 7 heteroatoms. The third kappa shape index (κ3) is 3.56. The average Bonchev–Trinajstić information content (AvgIpc) is 3.03. The molecule has 0 unspecified atom stereocenters. The fourth-order valence-electron chi connectivity index (χ4n) is 3.39. The molecule has 1 saturated carbocycles. The third-order valence-electron chi connectivity index (χ3n) is 5.18. The summed E-state index contributed by atoms with van der Waals surface area (Å²) in [6, 6.07) is 11.2. The van der Waals surface area contributed by atoms with Gasteiger partial charge in [0.05, 0.1) is 0 Å². The van der Waals surface area contributed by atoms with E-state index in [9.17, 15) is 13.2 Å². The minimum atomic E-state index is -3.54. The lowest BCUT2D eigenvalue weighted by Crippen LogP contribution is -2.41. The molecule has 0 saturated heterocycles. The fraction of sp³-hybridized carbons (Fsp3) is 0.421. The van der Waals surface area contributed by atoms with Gasteiger partial charge in [0, 0.05) is 30.4 Å². The Bertz CT molecular complexity index is 902. The van der Waals surface area contributed by atoms with E-state index in [1.54, 1.807) is 6.07 Å². The fourth-order valence-corrected chi connectivity index (χ4v) is 5.99. The zero-order chi connectivity index (χ0) is 18.1. The van der Waals surface area contributed by atoms with Crippen molar-refractivity contribution >= 4 is 27.3 Å². The van der Waals surface area contributed by atoms with E-state index in [0.717, 1.165) is 41.7 Å². The number of thiophene rings is 1. The maximum Gasteiger partial charge on any atom is 0.250 e. The Hall–Kier alpha value is -1.70. The van der Waals surface area contributed by atoms with Crippen molar-refractivity contribution in [3.8, 4) is 0 Å². The predicted molar refractivity (Wildman–Crippen MR) is 101 cm³/mol. The van der Waals surface area contributed by atoms with Crippen LogP contribution in [0, 0.1) is 5.92 Å². The molecule has 1 aromatic carbocycles. The molecular weight excluding hydrogens is 368 g/mol. The summed E-state index contributed by atoms with van der Waals surface area (Å²) in [5.41, 5.74) is 1.91. The zero-order valence-electron chi connectivity index (χ0n) is 14.5. The van der Waals surface area contributed by atoms with Gasteiger partial charge in [0.1, 0.15) is 4.21 Å². The van der Waals surface area contributed by atoms with Gasteiger partial charge in [-0.05, 0) is 36.5 Å². The monoisotopic (exact) mass is 390 g/mol. The Morgan fingerprint density at radius 1 is 1.23 bits per heavy atom. The molecule has 0 spiro atoms. The maximum absolute atomic E-state index is 12.6. The molecule has 0 radical (unpaired) electrons. The van der Waals surface area contributed by atoms with Crippen molar-refractivity contribution in [3.63, 3.8) is 0 Å². The molecule has 1 fully saturated rings. The summed E-state index contributed by atoms with van der Waals surface area (Å²) in [5.74, 6) is 0.422. The molecular formula is C19H22N2O3S2. The van der Waals surface area contributed by atoms with E-state index < -0.39 is 10.0 Å². The molecule has 0 bridgehead atoms. The molecule has 5 nitrogen and oxygen atoms in total. The van der Waals surface area contributed by atoms with Gasteiger partial charge >= 0.3 is 0 Å². The highest BCUT2D eigenvalue weighted by Crippen LogP contribution is 2.34. The minimum Gasteiger partial charge on any atom is -0.338 e. The number of carbonyl (C=O) groups excluding carboxylic acids is 1. The van der Waals surface area contributed by atoms with E-state index in [-0.39, 0.29) is 18.4 Å². The summed E-state index contributed by atoms with van der Waals surface area (Å²) in [7, 11) is -3.54. The first kappa shape index (κ1) is 17.7. The van der Waals surface area contributed by atoms with E-state index in [1.807, 2.05) is 35.2 Å². The van der Waals surface area contributed by atoms with Crippen LogP contribution >= 0.6 is 11.3 Å². The SMILES string of the molecule is O=C(C1CCC1)N1CCc2sc(S(=O)(=O)NCc3ccccc3)cc2C1. The van der Waals surface area contributed by atoms with Crippen LogP contribution in [-0.4, -0.2) is 25.8 Å². The second-order valence-corrected chi connectivity index (χ2v) is 10.1. The number of sulfonamides is 1. The van der Waals surface area contributed by atoms with E-state index in [4.69, 9.17) is 0 Å². The largest absolute Gasteiger partial charge is 0.338 e. The molecule has 2 aliphatic rings. The van der Waals surface area contributed by atoms with Crippen molar-refractivity contribution in [1.82, 2.24) is 9.62 Å². The summed E-state index contributed by atoms with van der Waals surface area (Å²) in [6.45, 7) is 1.51. The van der Waals surface area contributed by atoms with E-state index >= 15 is 0 Å². The molecule has 138 valence electrons. The standard InChI is InChI=1S/C19H22N2O3S2/c22-19(15-7-4-8-15)21-10-9-17-16(13-21)11-18(25-17)26(23,24)20-12-14-5-2-1-3-6-14/h1-3,5-6,11,15,20H,4,7-10,12-13H2. The van der Waals surface area contributed by atoms with Gasteiger partial charge in [-0.25, -0.2) is 13.1 Å². The topological polar surface area (TPSA) is 66.5 Å². The second kappa shape index (κ2) is 7.13. The van der Waals surface area contributed by atoms with Crippen LogP contribution in [0.15, 0.2) is 40.6 Å². The molecule has 2 heterocycles. The van der Waals surface area contributed by atoms with Gasteiger partial charge < -0.3 is 4.90 Å². The molecule has 0 atom stereocenters. The molecule has 1 amide bonds. The molecule has 2 aromatic rings. The van der Waals surface area contributed by atoms with Crippen LogP contribution in [0.2, 0.25) is 0 Å². The molecule has 26 heavy (non-hydrogen) atoms. The van der Waals surface area contributed by atoms with Gasteiger partial charge in [-0.1, -0.05) is 36.8 Å². The summed E-state index contributed by atoms with van der Waals surface area (Å²) in [4.78, 5) is 15.4. The summed E-state index contributed by atoms with van der Waals surface area (Å²) < 4.78 is 28.3. The Morgan fingerprint density at radius 2 is 2.00 bits per heavy atom. The Labute approximate surface area is 158 Å². The van der Waals surface area contributed by atoms with Gasteiger partial charge in [0.25, 0.3) is 0 Å². The second-order valence-electron chi connectivity index (χ2n) is 6.96. The van der Waals surface area contributed by atoms with Gasteiger partial charge in [-0.2, -0.15) is 0 Å². The number of carbonyl (C=O) groups is 1. The van der Waals surface area contributed by atoms with Gasteiger partial charge in [0.15, 0.2) is 0 Å². The van der Waals surface area contributed by atoms with Crippen molar-refractivity contribution in [2.24, 2.45) is 5.92 Å². The van der Waals surface area contributed by atoms with Crippen LogP contribution < -0.4 is 4.72 Å². The zero-order valence-corrected chi connectivity index (χ0v) is 16.1. The minimum absolute atomic E-state index is 0.186. The Balaban J connectivity index is 1.45. The lowest BCUT2D eigenvalue weighted by molar-refractivity contribution is -0.139. The number of fused-ring (bicyclic) bond motifs is 1. The maximum atomic E-state index is 12.6. The first-order valence-corrected chi connectivity index (χ1v) is 11.3. The highest BCUT2D eigenvalue weighted by Gasteiger charge is 2.32. The Kier molecular flexibility index (Phi) is 4.86. The normalized spacial score (nSPS) is 17.6. The average molecular weight is 391 g/mol. The molecule has 1 aromatic heterocycles. The summed E-state index contributed by atoms with van der Waals surface area (Å²) in [6.07, 6.45) is 3.87. The first-order valence-electron chi connectivity index (χ1n) is 8.97. The number of amides is 1. The number of benzene rings is 1. The highest BCUT2D eigenvalue weighted by atomic mass is 32.2. The van der Waals surface area contributed by atoms with Crippen LogP contribution in [0.3, 0.4) is 0 Å². The highest BCUT2D eigenvalue weighted by molar-refractivity contribution is 7.91. The number of hydrogen-bond donors (Lipinski definition) is 1. The van der Waals surface area contributed by atoms with Crippen LogP contribution in [0.5, 0.6) is 0 Å². The van der Waals surface area contributed by atoms with E-state index in [2.05, 4.69) is 4.72 Å². The van der Waals surface area contributed by atoms with E-state index in [0.29, 0.717) is 17.3 Å². The number of nitrogens with zero attached hydrogens (tertiary/aromatic N) is 1. The number of nitrogens with one attached hydrogen (secondary N) is 1. The van der Waals surface area contributed by atoms with Crippen molar-refractivity contribution in [1.29, 1.82) is 0 Å². The molecule has 1 aliphatic carbocycles. The van der Waals surface area contributed by atoms with Gasteiger partial charge in [-0.3, -0.25) is 4.79 Å².